The van der Waals surface area contributed by atoms with Crippen LogP contribution in [0.25, 0.3) is 0 Å². The number of hydrogen-bond donors (Lipinski definition) is 1. The lowest BCUT2D eigenvalue weighted by atomic mass is 10.0. The molecule has 1 atom stereocenters. The Labute approximate surface area is 134 Å². The lowest BCUT2D eigenvalue weighted by Crippen LogP contribution is -2.20. The van der Waals surface area contributed by atoms with Gasteiger partial charge in [0.15, 0.2) is 0 Å². The fourth-order valence-corrected chi connectivity index (χ4v) is 2.63. The zero-order chi connectivity index (χ0) is 14.5. The summed E-state index contributed by atoms with van der Waals surface area (Å²) in [5.74, 6) is 0. The molecule has 0 aromatic heterocycles. The second-order valence-electron chi connectivity index (χ2n) is 4.65. The van der Waals surface area contributed by atoms with E-state index in [1.807, 2.05) is 36.4 Å². The summed E-state index contributed by atoms with van der Waals surface area (Å²) in [6.07, 6.45) is 0.988. The lowest BCUT2D eigenvalue weighted by molar-refractivity contribution is 0.519. The molecule has 2 aromatic carbocycles. The fraction of sp³-hybridized carbons (Fsp3) is 0.250. The third-order valence-corrected chi connectivity index (χ3v) is 4.17. The van der Waals surface area contributed by atoms with E-state index < -0.39 is 0 Å². The first kappa shape index (κ1) is 15.7. The number of hydrogen-bond acceptors (Lipinski definition) is 1. The topological polar surface area (TPSA) is 12.0 Å². The first-order chi connectivity index (χ1) is 9.60. The number of benzene rings is 2. The van der Waals surface area contributed by atoms with Crippen LogP contribution in [0.5, 0.6) is 0 Å². The van der Waals surface area contributed by atoms with E-state index >= 15 is 0 Å². The minimum atomic E-state index is 0.267. The average molecular weight is 329 g/mol. The summed E-state index contributed by atoms with van der Waals surface area (Å²) in [5.41, 5.74) is 2.31. The van der Waals surface area contributed by atoms with Gasteiger partial charge in [-0.3, -0.25) is 0 Å². The normalized spacial score (nSPS) is 12.4. The Morgan fingerprint density at radius 1 is 1.00 bits per heavy atom. The van der Waals surface area contributed by atoms with Crippen molar-refractivity contribution in [2.45, 2.75) is 25.9 Å². The van der Waals surface area contributed by atoms with Gasteiger partial charge in [-0.15, -0.1) is 0 Å². The Bertz CT molecular complexity index is 584. The molecule has 0 radical (unpaired) electrons. The Kier molecular flexibility index (Phi) is 5.74. The van der Waals surface area contributed by atoms with Gasteiger partial charge in [-0.1, -0.05) is 59.9 Å². The van der Waals surface area contributed by atoms with E-state index in [2.05, 4.69) is 18.3 Å². The molecule has 0 aliphatic heterocycles. The van der Waals surface area contributed by atoms with Crippen LogP contribution >= 0.6 is 34.8 Å². The van der Waals surface area contributed by atoms with E-state index in [0.717, 1.165) is 23.6 Å². The molecule has 0 saturated heterocycles. The van der Waals surface area contributed by atoms with Crippen molar-refractivity contribution in [1.82, 2.24) is 5.32 Å². The fourth-order valence-electron chi connectivity index (χ4n) is 2.11. The number of rotatable bonds is 5. The molecule has 0 aliphatic carbocycles. The first-order valence-corrected chi connectivity index (χ1v) is 7.66. The minimum absolute atomic E-state index is 0.267. The number of nitrogens with one attached hydrogen (secondary N) is 1. The summed E-state index contributed by atoms with van der Waals surface area (Å²) in [6.45, 7) is 2.88. The predicted octanol–water partition coefficient (Wildman–Crippen LogP) is 5.89. The van der Waals surface area contributed by atoms with Crippen molar-refractivity contribution in [2.24, 2.45) is 0 Å². The van der Waals surface area contributed by atoms with E-state index in [4.69, 9.17) is 34.8 Å². The molecule has 1 N–H and O–H groups in total. The molecule has 1 unspecified atom stereocenters. The predicted molar refractivity (Wildman–Crippen MR) is 87.8 cm³/mol. The molecule has 106 valence electrons. The standard InChI is InChI=1S/C16H16Cl3N/c1-2-16(12-4-3-5-13(17)9-12)20-10-11-6-7-14(18)15(19)8-11/h3-9,16,20H,2,10H2,1H3. The molecule has 0 heterocycles. The maximum atomic E-state index is 6.04. The van der Waals surface area contributed by atoms with Crippen LogP contribution in [-0.4, -0.2) is 0 Å². The molecule has 0 aliphatic rings. The second-order valence-corrected chi connectivity index (χ2v) is 5.90. The highest BCUT2D eigenvalue weighted by Gasteiger charge is 2.09. The SMILES string of the molecule is CCC(NCc1ccc(Cl)c(Cl)c1)c1cccc(Cl)c1. The van der Waals surface area contributed by atoms with Crippen molar-refractivity contribution in [3.63, 3.8) is 0 Å². The Balaban J connectivity index is 2.05. The van der Waals surface area contributed by atoms with E-state index in [1.165, 1.54) is 5.56 Å². The van der Waals surface area contributed by atoms with E-state index in [9.17, 15) is 0 Å². The molecule has 2 rings (SSSR count). The molecular weight excluding hydrogens is 313 g/mol. The summed E-state index contributed by atoms with van der Waals surface area (Å²) >= 11 is 18.0. The molecule has 0 saturated carbocycles. The molecule has 1 nitrogen and oxygen atoms in total. The molecule has 0 amide bonds. The van der Waals surface area contributed by atoms with Crippen LogP contribution in [0.3, 0.4) is 0 Å². The van der Waals surface area contributed by atoms with Gasteiger partial charge in [-0.05, 0) is 41.8 Å². The smallest absolute Gasteiger partial charge is 0.0595 e. The highest BCUT2D eigenvalue weighted by Crippen LogP contribution is 2.24. The lowest BCUT2D eigenvalue weighted by Gasteiger charge is -2.18. The van der Waals surface area contributed by atoms with Crippen LogP contribution in [0.15, 0.2) is 42.5 Å². The van der Waals surface area contributed by atoms with Crippen molar-refractivity contribution in [3.05, 3.63) is 68.7 Å². The van der Waals surface area contributed by atoms with Crippen LogP contribution in [0.4, 0.5) is 0 Å². The van der Waals surface area contributed by atoms with Crippen molar-refractivity contribution >= 4 is 34.8 Å². The number of halogens is 3. The monoisotopic (exact) mass is 327 g/mol. The van der Waals surface area contributed by atoms with E-state index in [-0.39, 0.29) is 6.04 Å². The zero-order valence-electron chi connectivity index (χ0n) is 11.2. The van der Waals surface area contributed by atoms with Gasteiger partial charge in [0.1, 0.15) is 0 Å². The molecule has 2 aromatic rings. The van der Waals surface area contributed by atoms with Gasteiger partial charge in [-0.2, -0.15) is 0 Å². The zero-order valence-corrected chi connectivity index (χ0v) is 13.4. The van der Waals surface area contributed by atoms with Gasteiger partial charge in [0.2, 0.25) is 0 Å². The highest BCUT2D eigenvalue weighted by atomic mass is 35.5. The van der Waals surface area contributed by atoms with E-state index in [0.29, 0.717) is 10.0 Å². The van der Waals surface area contributed by atoms with Crippen LogP contribution < -0.4 is 5.32 Å². The quantitative estimate of drug-likeness (QED) is 0.722. The second kappa shape index (κ2) is 7.33. The van der Waals surface area contributed by atoms with Gasteiger partial charge < -0.3 is 5.32 Å². The molecular formula is C16H16Cl3N. The third kappa shape index (κ3) is 4.13. The largest absolute Gasteiger partial charge is 0.306 e. The van der Waals surface area contributed by atoms with Crippen LogP contribution in [0.2, 0.25) is 15.1 Å². The summed E-state index contributed by atoms with van der Waals surface area (Å²) in [4.78, 5) is 0. The summed E-state index contributed by atoms with van der Waals surface area (Å²) in [6, 6.07) is 13.9. The maximum Gasteiger partial charge on any atom is 0.0595 e. The molecule has 4 heteroatoms. The van der Waals surface area contributed by atoms with E-state index in [1.54, 1.807) is 0 Å². The molecule has 20 heavy (non-hydrogen) atoms. The Morgan fingerprint density at radius 3 is 2.45 bits per heavy atom. The van der Waals surface area contributed by atoms with Gasteiger partial charge in [0.05, 0.1) is 10.0 Å². The molecule has 0 spiro atoms. The summed E-state index contributed by atoms with van der Waals surface area (Å²) in [5, 5.41) is 5.44. The van der Waals surface area contributed by atoms with Crippen molar-refractivity contribution in [2.75, 3.05) is 0 Å². The maximum absolute atomic E-state index is 6.04. The van der Waals surface area contributed by atoms with Crippen molar-refractivity contribution in [1.29, 1.82) is 0 Å². The Morgan fingerprint density at radius 2 is 1.80 bits per heavy atom. The van der Waals surface area contributed by atoms with Crippen LogP contribution in [0.1, 0.15) is 30.5 Å². The van der Waals surface area contributed by atoms with Gasteiger partial charge in [0.25, 0.3) is 0 Å². The van der Waals surface area contributed by atoms with Crippen molar-refractivity contribution in [3.8, 4) is 0 Å². The van der Waals surface area contributed by atoms with Crippen molar-refractivity contribution < 1.29 is 0 Å². The third-order valence-electron chi connectivity index (χ3n) is 3.20. The highest BCUT2D eigenvalue weighted by molar-refractivity contribution is 6.42. The summed E-state index contributed by atoms with van der Waals surface area (Å²) < 4.78 is 0. The first-order valence-electron chi connectivity index (χ1n) is 6.53. The van der Waals surface area contributed by atoms with Crippen LogP contribution in [-0.2, 0) is 6.54 Å². The average Bonchev–Trinajstić information content (AvgIpc) is 2.43. The van der Waals surface area contributed by atoms with Crippen LogP contribution in [0, 0.1) is 0 Å². The molecule has 0 fully saturated rings. The van der Waals surface area contributed by atoms with Gasteiger partial charge in [0, 0.05) is 17.6 Å². The summed E-state index contributed by atoms with van der Waals surface area (Å²) in [7, 11) is 0. The molecule has 0 bridgehead atoms. The van der Waals surface area contributed by atoms with Gasteiger partial charge >= 0.3 is 0 Å². The Hall–Kier alpha value is -0.730. The minimum Gasteiger partial charge on any atom is -0.306 e. The van der Waals surface area contributed by atoms with Gasteiger partial charge in [-0.25, -0.2) is 0 Å².